The first-order valence-corrected chi connectivity index (χ1v) is 3.48. The van der Waals surface area contributed by atoms with Crippen molar-refractivity contribution in [1.29, 1.82) is 0 Å². The highest BCUT2D eigenvalue weighted by molar-refractivity contribution is 14.1. The molecule has 0 bridgehead atoms. The Kier molecular flexibility index (Phi) is 6.03. The van der Waals surface area contributed by atoms with E-state index >= 15 is 0 Å². The van der Waals surface area contributed by atoms with Gasteiger partial charge in [-0.05, 0) is 6.92 Å². The van der Waals surface area contributed by atoms with Gasteiger partial charge in [0.05, 0.1) is 6.10 Å². The largest absolute Gasteiger partial charge is 0.311 e. The maximum Gasteiger partial charge on any atom is 0.110 e. The molecule has 2 atom stereocenters. The predicted octanol–water partition coefficient (Wildman–Crippen LogP) is 1.12. The first-order chi connectivity index (χ1) is 3.31. The van der Waals surface area contributed by atoms with Crippen LogP contribution < -0.4 is 5.09 Å². The first-order valence-electron chi connectivity index (χ1n) is 2.02. The van der Waals surface area contributed by atoms with Gasteiger partial charge >= 0.3 is 0 Å². The third-order valence-corrected chi connectivity index (χ3v) is 1.66. The maximum atomic E-state index is 4.88. The Hall–Kier alpha value is 1.08. The summed E-state index contributed by atoms with van der Waals surface area (Å²) >= 11 is 1.89. The van der Waals surface area contributed by atoms with E-state index in [1.807, 2.05) is 29.9 Å². The molecule has 0 radical (unpaired) electrons. The second-order valence-corrected chi connectivity index (χ2v) is 2.22. The Morgan fingerprint density at radius 1 is 2.00 bits per heavy atom. The monoisotopic (exact) mass is 233 g/mol. The highest BCUT2D eigenvalue weighted by atomic mass is 127. The Balaban J connectivity index is 2.83. The van der Waals surface area contributed by atoms with Gasteiger partial charge in [-0.3, -0.25) is 5.09 Å². The minimum atomic E-state index is 0.304. The van der Waals surface area contributed by atoms with Crippen LogP contribution in [0.25, 0.3) is 0 Å². The number of nitrogens with one attached hydrogen (secondary N) is 1. The molecular weight excluding hydrogens is 224 g/mol. The fourth-order valence-corrected chi connectivity index (χ4v) is 0.709. The first kappa shape index (κ1) is 8.08. The number of hydrogen-bond acceptors (Lipinski definition) is 2. The van der Waals surface area contributed by atoms with E-state index in [4.69, 9.17) is 3.07 Å². The minimum absolute atomic E-state index is 0.304. The van der Waals surface area contributed by atoms with Gasteiger partial charge in [0, 0.05) is 6.54 Å². The number of rotatable bonds is 3. The second kappa shape index (κ2) is 5.22. The third kappa shape index (κ3) is 4.94. The molecule has 0 aliphatic rings. The van der Waals surface area contributed by atoms with Crippen LogP contribution in [0.4, 0.5) is 0 Å². The van der Waals surface area contributed by atoms with Gasteiger partial charge in [-0.1, -0.05) is 9.39 Å². The van der Waals surface area contributed by atoms with Gasteiger partial charge in [-0.25, -0.2) is 0 Å². The lowest BCUT2D eigenvalue weighted by Crippen LogP contribution is -2.15. The molecule has 0 rings (SSSR count). The molecule has 0 spiro atoms. The zero-order valence-corrected chi connectivity index (χ0v) is 7.46. The van der Waals surface area contributed by atoms with E-state index in [0.717, 1.165) is 6.54 Å². The van der Waals surface area contributed by atoms with Gasteiger partial charge in [0.2, 0.25) is 0 Å². The lowest BCUT2D eigenvalue weighted by molar-refractivity contribution is 0.312. The molecule has 0 aromatic carbocycles. The van der Waals surface area contributed by atoms with E-state index in [9.17, 15) is 0 Å². The predicted molar refractivity (Wildman–Crippen MR) is 42.3 cm³/mol. The third-order valence-electron chi connectivity index (χ3n) is 0.557. The van der Waals surface area contributed by atoms with Gasteiger partial charge in [-0.15, -0.1) is 0 Å². The van der Waals surface area contributed by atoms with Crippen LogP contribution in [0.5, 0.6) is 0 Å². The summed E-state index contributed by atoms with van der Waals surface area (Å²) in [7, 11) is 2.42. The minimum Gasteiger partial charge on any atom is -0.311 e. The van der Waals surface area contributed by atoms with Crippen molar-refractivity contribution >= 4 is 32.4 Å². The quantitative estimate of drug-likeness (QED) is 0.582. The van der Waals surface area contributed by atoms with E-state index in [2.05, 4.69) is 14.5 Å². The summed E-state index contributed by atoms with van der Waals surface area (Å²) in [6.07, 6.45) is 0.304. The Morgan fingerprint density at radius 2 is 2.57 bits per heavy atom. The van der Waals surface area contributed by atoms with Crippen LogP contribution in [0.15, 0.2) is 0 Å². The average Bonchev–Trinajstić information content (AvgIpc) is 1.68. The fraction of sp³-hybridized carbons (Fsp3) is 1.00. The van der Waals surface area contributed by atoms with Crippen molar-refractivity contribution in [2.75, 3.05) is 6.54 Å². The summed E-state index contributed by atoms with van der Waals surface area (Å²) in [6, 6.07) is 0. The summed E-state index contributed by atoms with van der Waals surface area (Å²) in [5.41, 5.74) is 0. The molecule has 1 N–H and O–H groups in total. The topological polar surface area (TPSA) is 21.3 Å². The summed E-state index contributed by atoms with van der Waals surface area (Å²) in [5.74, 6) is 0. The van der Waals surface area contributed by atoms with Crippen LogP contribution >= 0.6 is 32.4 Å². The van der Waals surface area contributed by atoms with E-state index in [0.29, 0.717) is 6.10 Å². The van der Waals surface area contributed by atoms with Gasteiger partial charge < -0.3 is 3.07 Å². The zero-order valence-electron chi connectivity index (χ0n) is 4.15. The normalized spacial score (nSPS) is 14.1. The second-order valence-electron chi connectivity index (χ2n) is 1.31. The van der Waals surface area contributed by atoms with Crippen molar-refractivity contribution in [2.45, 2.75) is 13.0 Å². The van der Waals surface area contributed by atoms with Crippen LogP contribution in [-0.2, 0) is 3.07 Å². The molecule has 0 aliphatic heterocycles. The molecule has 0 aromatic heterocycles. The summed E-state index contributed by atoms with van der Waals surface area (Å²) in [4.78, 5) is 0. The molecular formula is C3H9INOP. The van der Waals surface area contributed by atoms with Crippen molar-refractivity contribution in [2.24, 2.45) is 0 Å². The van der Waals surface area contributed by atoms with E-state index in [-0.39, 0.29) is 0 Å². The number of hydrogen-bond donors (Lipinski definition) is 1. The molecule has 0 aromatic rings. The van der Waals surface area contributed by atoms with Crippen molar-refractivity contribution < 1.29 is 3.07 Å². The van der Waals surface area contributed by atoms with Crippen molar-refractivity contribution in [1.82, 2.24) is 5.09 Å². The van der Waals surface area contributed by atoms with Crippen molar-refractivity contribution in [3.05, 3.63) is 0 Å². The van der Waals surface area contributed by atoms with Crippen molar-refractivity contribution in [3.63, 3.8) is 0 Å². The van der Waals surface area contributed by atoms with E-state index in [1.54, 1.807) is 0 Å². The van der Waals surface area contributed by atoms with Gasteiger partial charge in [0.25, 0.3) is 0 Å². The maximum absolute atomic E-state index is 4.88. The van der Waals surface area contributed by atoms with Gasteiger partial charge in [0.15, 0.2) is 0 Å². The van der Waals surface area contributed by atoms with Crippen LogP contribution in [0.2, 0.25) is 0 Å². The number of halogens is 1. The average molecular weight is 233 g/mol. The Labute approximate surface area is 60.3 Å². The molecule has 7 heavy (non-hydrogen) atoms. The lowest BCUT2D eigenvalue weighted by atomic mass is 10.4. The highest BCUT2D eigenvalue weighted by Gasteiger charge is 1.93. The van der Waals surface area contributed by atoms with Gasteiger partial charge in [-0.2, -0.15) is 0 Å². The van der Waals surface area contributed by atoms with Crippen LogP contribution in [0, 0.1) is 0 Å². The molecule has 2 unspecified atom stereocenters. The SMILES string of the molecule is CC(CNP)OI. The zero-order chi connectivity index (χ0) is 5.70. The smallest absolute Gasteiger partial charge is 0.110 e. The lowest BCUT2D eigenvalue weighted by Gasteiger charge is -2.03. The molecule has 0 heterocycles. The molecule has 0 amide bonds. The summed E-state index contributed by atoms with van der Waals surface area (Å²) < 4.78 is 4.88. The van der Waals surface area contributed by atoms with E-state index < -0.39 is 0 Å². The molecule has 2 nitrogen and oxygen atoms in total. The molecule has 0 aliphatic carbocycles. The van der Waals surface area contributed by atoms with Crippen LogP contribution in [-0.4, -0.2) is 12.6 Å². The van der Waals surface area contributed by atoms with Crippen LogP contribution in [0.3, 0.4) is 0 Å². The molecule has 44 valence electrons. The van der Waals surface area contributed by atoms with E-state index in [1.165, 1.54) is 0 Å². The molecule has 0 saturated heterocycles. The molecule has 0 saturated carbocycles. The standard InChI is InChI=1S/C3H9INOP/c1-3(6-4)2-5-7/h3,5H,2,7H2,1H3. The fourth-order valence-electron chi connectivity index (χ4n) is 0.197. The molecule has 0 fully saturated rings. The van der Waals surface area contributed by atoms with Gasteiger partial charge in [0.1, 0.15) is 23.0 Å². The van der Waals surface area contributed by atoms with Crippen molar-refractivity contribution in [3.8, 4) is 0 Å². The molecule has 4 heteroatoms. The van der Waals surface area contributed by atoms with Crippen LogP contribution in [0.1, 0.15) is 6.92 Å². The Bertz CT molecular complexity index is 45.9. The summed E-state index contributed by atoms with van der Waals surface area (Å²) in [6.45, 7) is 2.89. The highest BCUT2D eigenvalue weighted by Crippen LogP contribution is 1.94. The Morgan fingerprint density at radius 3 is 2.71 bits per heavy atom. The summed E-state index contributed by atoms with van der Waals surface area (Å²) in [5, 5.41) is 2.91.